The largest absolute Gasteiger partial charge is 0.487 e. The number of hydrogen-bond donors (Lipinski definition) is 2. The second-order valence-corrected chi connectivity index (χ2v) is 9.34. The lowest BCUT2D eigenvalue weighted by molar-refractivity contribution is 0.0619. The molecule has 27 heavy (non-hydrogen) atoms. The number of anilines is 1. The van der Waals surface area contributed by atoms with Crippen LogP contribution in [-0.4, -0.2) is 26.2 Å². The summed E-state index contributed by atoms with van der Waals surface area (Å²) < 4.78 is 31.3. The molecule has 6 nitrogen and oxygen atoms in total. The maximum absolute atomic E-state index is 12.8. The molecule has 2 aromatic carbocycles. The van der Waals surface area contributed by atoms with Crippen molar-refractivity contribution in [2.24, 2.45) is 0 Å². The van der Waals surface area contributed by atoms with Crippen molar-refractivity contribution in [3.63, 3.8) is 0 Å². The topological polar surface area (TPSA) is 84.5 Å². The number of carbonyl (C=O) groups is 1. The van der Waals surface area contributed by atoms with E-state index in [-0.39, 0.29) is 11.9 Å². The minimum atomic E-state index is -3.40. The van der Waals surface area contributed by atoms with Crippen LogP contribution < -0.4 is 14.8 Å². The Balaban J connectivity index is 1.85. The molecular formula is C20H24N2O4S. The molecule has 0 spiro atoms. The molecule has 0 fully saturated rings. The lowest BCUT2D eigenvalue weighted by atomic mass is 9.89. The Bertz CT molecular complexity index is 983. The van der Waals surface area contributed by atoms with Gasteiger partial charge in [0.15, 0.2) is 0 Å². The van der Waals surface area contributed by atoms with Crippen LogP contribution in [0.2, 0.25) is 0 Å². The summed E-state index contributed by atoms with van der Waals surface area (Å²) in [6, 6.07) is 12.2. The molecule has 144 valence electrons. The molecule has 0 saturated heterocycles. The number of ether oxygens (including phenoxy) is 1. The SMILES string of the molecule is Cc1ccc2c(c1)OC(C)(C)C[C@@H]2NC(=O)c1cccc(NS(C)(=O)=O)c1. The molecule has 0 unspecified atom stereocenters. The zero-order valence-electron chi connectivity index (χ0n) is 15.9. The first kappa shape index (κ1) is 19.2. The highest BCUT2D eigenvalue weighted by Gasteiger charge is 2.34. The quantitative estimate of drug-likeness (QED) is 0.841. The van der Waals surface area contributed by atoms with Gasteiger partial charge in [0.2, 0.25) is 10.0 Å². The number of nitrogens with one attached hydrogen (secondary N) is 2. The van der Waals surface area contributed by atoms with E-state index in [1.165, 1.54) is 6.07 Å². The van der Waals surface area contributed by atoms with Gasteiger partial charge in [0.1, 0.15) is 11.4 Å². The summed E-state index contributed by atoms with van der Waals surface area (Å²) in [6.45, 7) is 5.99. The van der Waals surface area contributed by atoms with Crippen LogP contribution in [0.15, 0.2) is 42.5 Å². The van der Waals surface area contributed by atoms with E-state index in [1.807, 2.05) is 39.0 Å². The predicted octanol–water partition coefficient (Wildman–Crippen LogP) is 3.40. The van der Waals surface area contributed by atoms with Crippen LogP contribution in [0.25, 0.3) is 0 Å². The van der Waals surface area contributed by atoms with Crippen LogP contribution in [0.3, 0.4) is 0 Å². The maximum atomic E-state index is 12.8. The van der Waals surface area contributed by atoms with Crippen LogP contribution in [0.4, 0.5) is 5.69 Å². The molecule has 0 aromatic heterocycles. The molecule has 1 atom stereocenters. The van der Waals surface area contributed by atoms with Crippen LogP contribution in [-0.2, 0) is 10.0 Å². The van der Waals surface area contributed by atoms with E-state index in [1.54, 1.807) is 18.2 Å². The van der Waals surface area contributed by atoms with E-state index in [9.17, 15) is 13.2 Å². The van der Waals surface area contributed by atoms with Gasteiger partial charge < -0.3 is 10.1 Å². The highest BCUT2D eigenvalue weighted by molar-refractivity contribution is 7.92. The second-order valence-electron chi connectivity index (χ2n) is 7.59. The zero-order valence-corrected chi connectivity index (χ0v) is 16.7. The Hall–Kier alpha value is -2.54. The Morgan fingerprint density at radius 1 is 1.19 bits per heavy atom. The lowest BCUT2D eigenvalue weighted by Gasteiger charge is -2.38. The van der Waals surface area contributed by atoms with Crippen molar-refractivity contribution in [1.82, 2.24) is 5.32 Å². The van der Waals surface area contributed by atoms with Crippen molar-refractivity contribution < 1.29 is 17.9 Å². The van der Waals surface area contributed by atoms with Gasteiger partial charge in [-0.15, -0.1) is 0 Å². The summed E-state index contributed by atoms with van der Waals surface area (Å²) in [5.74, 6) is 0.519. The molecule has 7 heteroatoms. The second kappa shape index (κ2) is 6.88. The van der Waals surface area contributed by atoms with Crippen molar-refractivity contribution in [2.75, 3.05) is 11.0 Å². The number of benzene rings is 2. The van der Waals surface area contributed by atoms with Crippen molar-refractivity contribution in [1.29, 1.82) is 0 Å². The zero-order chi connectivity index (χ0) is 19.8. The number of rotatable bonds is 4. The highest BCUT2D eigenvalue weighted by atomic mass is 32.2. The van der Waals surface area contributed by atoms with E-state index >= 15 is 0 Å². The number of amides is 1. The maximum Gasteiger partial charge on any atom is 0.251 e. The number of fused-ring (bicyclic) bond motifs is 1. The van der Waals surface area contributed by atoms with Crippen LogP contribution in [0, 0.1) is 6.92 Å². The van der Waals surface area contributed by atoms with Gasteiger partial charge in [-0.25, -0.2) is 8.42 Å². The summed E-state index contributed by atoms with van der Waals surface area (Å²) in [6.07, 6.45) is 1.71. The minimum Gasteiger partial charge on any atom is -0.487 e. The molecule has 1 aliphatic heterocycles. The summed E-state index contributed by atoms with van der Waals surface area (Å²) in [4.78, 5) is 12.8. The van der Waals surface area contributed by atoms with E-state index in [0.717, 1.165) is 23.1 Å². The summed E-state index contributed by atoms with van der Waals surface area (Å²) >= 11 is 0. The molecular weight excluding hydrogens is 364 g/mol. The molecule has 1 heterocycles. The molecule has 0 aliphatic carbocycles. The third kappa shape index (κ3) is 4.80. The average molecular weight is 388 g/mol. The normalized spacial score (nSPS) is 18.1. The van der Waals surface area contributed by atoms with Gasteiger partial charge in [0.05, 0.1) is 12.3 Å². The highest BCUT2D eigenvalue weighted by Crippen LogP contribution is 2.40. The van der Waals surface area contributed by atoms with Crippen LogP contribution >= 0.6 is 0 Å². The number of hydrogen-bond acceptors (Lipinski definition) is 4. The van der Waals surface area contributed by atoms with Crippen molar-refractivity contribution in [2.45, 2.75) is 38.8 Å². The van der Waals surface area contributed by atoms with Gasteiger partial charge in [-0.05, 0) is 50.6 Å². The molecule has 1 aliphatic rings. The Labute approximate surface area is 160 Å². The summed E-state index contributed by atoms with van der Waals surface area (Å²) in [5, 5.41) is 3.06. The first-order valence-electron chi connectivity index (χ1n) is 8.71. The third-order valence-corrected chi connectivity index (χ3v) is 4.97. The molecule has 1 amide bonds. The van der Waals surface area contributed by atoms with Gasteiger partial charge >= 0.3 is 0 Å². The van der Waals surface area contributed by atoms with Gasteiger partial charge in [0.25, 0.3) is 5.91 Å². The van der Waals surface area contributed by atoms with Gasteiger partial charge in [-0.3, -0.25) is 9.52 Å². The molecule has 2 aromatic rings. The van der Waals surface area contributed by atoms with Crippen LogP contribution in [0.5, 0.6) is 5.75 Å². The van der Waals surface area contributed by atoms with Crippen molar-refractivity contribution >= 4 is 21.6 Å². The van der Waals surface area contributed by atoms with E-state index < -0.39 is 15.6 Å². The third-order valence-electron chi connectivity index (χ3n) is 4.36. The lowest BCUT2D eigenvalue weighted by Crippen LogP contribution is -2.41. The Morgan fingerprint density at radius 2 is 1.93 bits per heavy atom. The molecule has 3 rings (SSSR count). The van der Waals surface area contributed by atoms with Gasteiger partial charge in [-0.1, -0.05) is 18.2 Å². The van der Waals surface area contributed by atoms with Gasteiger partial charge in [0, 0.05) is 23.2 Å². The first-order chi connectivity index (χ1) is 12.5. The Morgan fingerprint density at radius 3 is 2.63 bits per heavy atom. The fourth-order valence-corrected chi connectivity index (χ4v) is 3.82. The molecule has 0 saturated carbocycles. The Kier molecular flexibility index (Phi) is 4.90. The number of sulfonamides is 1. The number of carbonyl (C=O) groups excluding carboxylic acids is 1. The summed E-state index contributed by atoms with van der Waals surface area (Å²) in [7, 11) is -3.40. The fourth-order valence-electron chi connectivity index (χ4n) is 3.27. The summed E-state index contributed by atoms with van der Waals surface area (Å²) in [5.41, 5.74) is 2.38. The van der Waals surface area contributed by atoms with E-state index in [4.69, 9.17) is 4.74 Å². The minimum absolute atomic E-state index is 0.191. The molecule has 2 N–H and O–H groups in total. The van der Waals surface area contributed by atoms with E-state index in [0.29, 0.717) is 17.7 Å². The van der Waals surface area contributed by atoms with Crippen LogP contribution in [0.1, 0.15) is 47.8 Å². The fraction of sp³-hybridized carbons (Fsp3) is 0.350. The first-order valence-corrected chi connectivity index (χ1v) is 10.6. The van der Waals surface area contributed by atoms with E-state index in [2.05, 4.69) is 10.0 Å². The molecule has 0 radical (unpaired) electrons. The average Bonchev–Trinajstić information content (AvgIpc) is 2.51. The standard InChI is InChI=1S/C20H24N2O4S/c1-13-8-9-16-17(12-20(2,3)26-18(16)10-13)21-19(23)14-6-5-7-15(11-14)22-27(4,24)25/h5-11,17,22H,12H2,1-4H3,(H,21,23)/t17-/m0/s1. The number of aryl methyl sites for hydroxylation is 1. The van der Waals surface area contributed by atoms with Crippen molar-refractivity contribution in [3.05, 3.63) is 59.2 Å². The predicted molar refractivity (Wildman–Crippen MR) is 106 cm³/mol. The molecule has 0 bridgehead atoms. The van der Waals surface area contributed by atoms with Gasteiger partial charge in [-0.2, -0.15) is 0 Å². The smallest absolute Gasteiger partial charge is 0.251 e. The monoisotopic (exact) mass is 388 g/mol. The van der Waals surface area contributed by atoms with Crippen molar-refractivity contribution in [3.8, 4) is 5.75 Å².